The highest BCUT2D eigenvalue weighted by Crippen LogP contribution is 2.26. The average Bonchev–Trinajstić information content (AvgIpc) is 2.71. The van der Waals surface area contributed by atoms with Gasteiger partial charge < -0.3 is 4.57 Å². The molecule has 0 amide bonds. The summed E-state index contributed by atoms with van der Waals surface area (Å²) in [5, 5.41) is 1.98. The lowest BCUT2D eigenvalue weighted by Crippen LogP contribution is -2.16. The maximum atomic E-state index is 11.8. The van der Waals surface area contributed by atoms with Crippen molar-refractivity contribution in [1.82, 2.24) is 4.57 Å². The Morgan fingerprint density at radius 2 is 2.31 bits per heavy atom. The highest BCUT2D eigenvalue weighted by molar-refractivity contribution is 7.10. The van der Waals surface area contributed by atoms with Crippen molar-refractivity contribution in [3.63, 3.8) is 0 Å². The summed E-state index contributed by atoms with van der Waals surface area (Å²) < 4.78 is 2.00. The molecular weight excluding hydrogens is 182 g/mol. The van der Waals surface area contributed by atoms with E-state index >= 15 is 0 Å². The third kappa shape index (κ3) is 0.848. The van der Waals surface area contributed by atoms with Crippen molar-refractivity contribution in [1.29, 1.82) is 0 Å². The molecule has 3 heteroatoms. The number of carbonyl (C=O) groups excluding carboxylic acids is 1. The molecule has 0 fully saturated rings. The van der Waals surface area contributed by atoms with Crippen LogP contribution in [0.5, 0.6) is 0 Å². The van der Waals surface area contributed by atoms with Crippen molar-refractivity contribution in [2.45, 2.75) is 6.54 Å². The van der Waals surface area contributed by atoms with Gasteiger partial charge in [-0.1, -0.05) is 0 Å². The van der Waals surface area contributed by atoms with Crippen LogP contribution in [-0.2, 0) is 6.54 Å². The van der Waals surface area contributed by atoms with Gasteiger partial charge in [-0.15, -0.1) is 11.3 Å². The largest absolute Gasteiger partial charge is 0.340 e. The van der Waals surface area contributed by atoms with Gasteiger partial charge in [0.15, 0.2) is 0 Å². The van der Waals surface area contributed by atoms with Crippen molar-refractivity contribution < 1.29 is 4.79 Å². The Kier molecular flexibility index (Phi) is 1.27. The number of thiophene rings is 1. The number of hydrogen-bond donors (Lipinski definition) is 0. The van der Waals surface area contributed by atoms with Gasteiger partial charge in [0.25, 0.3) is 0 Å². The maximum Gasteiger partial charge on any atom is 0.210 e. The monoisotopic (exact) mass is 189 g/mol. The molecule has 0 atom stereocenters. The van der Waals surface area contributed by atoms with Gasteiger partial charge in [-0.3, -0.25) is 4.79 Å². The molecule has 3 rings (SSSR count). The van der Waals surface area contributed by atoms with E-state index in [0.717, 1.165) is 17.8 Å². The first-order valence-corrected chi connectivity index (χ1v) is 5.00. The fraction of sp³-hybridized carbons (Fsp3) is 0.100. The molecule has 0 saturated carbocycles. The van der Waals surface area contributed by atoms with E-state index < -0.39 is 0 Å². The zero-order chi connectivity index (χ0) is 8.84. The molecule has 0 N–H and O–H groups in total. The highest BCUT2D eigenvalue weighted by Gasteiger charge is 2.22. The topological polar surface area (TPSA) is 22.0 Å². The molecule has 0 aliphatic carbocycles. The molecule has 1 aliphatic heterocycles. The molecule has 0 bridgehead atoms. The van der Waals surface area contributed by atoms with Crippen molar-refractivity contribution in [2.24, 2.45) is 0 Å². The van der Waals surface area contributed by atoms with Crippen LogP contribution in [0.2, 0.25) is 0 Å². The molecule has 0 unspecified atom stereocenters. The molecule has 2 nitrogen and oxygen atoms in total. The fourth-order valence-corrected chi connectivity index (χ4v) is 2.59. The molecular formula is C10H7NOS. The van der Waals surface area contributed by atoms with Gasteiger partial charge >= 0.3 is 0 Å². The van der Waals surface area contributed by atoms with Gasteiger partial charge in [-0.05, 0) is 23.6 Å². The molecule has 1 aliphatic rings. The van der Waals surface area contributed by atoms with E-state index in [0.29, 0.717) is 0 Å². The zero-order valence-electron chi connectivity index (χ0n) is 6.86. The predicted octanol–water partition coefficient (Wildman–Crippen LogP) is 2.14. The summed E-state index contributed by atoms with van der Waals surface area (Å²) in [6.45, 7) is 0.848. The lowest BCUT2D eigenvalue weighted by molar-refractivity contribution is 0.102. The molecule has 2 aromatic heterocycles. The normalized spacial score (nSPS) is 14.0. The summed E-state index contributed by atoms with van der Waals surface area (Å²) in [6, 6.07) is 5.71. The van der Waals surface area contributed by atoms with Crippen LogP contribution in [-0.4, -0.2) is 10.4 Å². The summed E-state index contributed by atoms with van der Waals surface area (Å²) in [4.78, 5) is 13.0. The number of aromatic nitrogens is 1. The van der Waals surface area contributed by atoms with Crippen molar-refractivity contribution in [3.8, 4) is 0 Å². The van der Waals surface area contributed by atoms with Gasteiger partial charge in [0.1, 0.15) is 0 Å². The van der Waals surface area contributed by atoms with Gasteiger partial charge in [0, 0.05) is 16.6 Å². The Morgan fingerprint density at radius 3 is 3.23 bits per heavy atom. The standard InChI is InChI=1S/C10H7NOS/c12-10-7-3-5-13-9(7)6-11-4-1-2-8(10)11/h1-5H,6H2. The first-order valence-electron chi connectivity index (χ1n) is 4.12. The predicted molar refractivity (Wildman–Crippen MR) is 51.3 cm³/mol. The minimum absolute atomic E-state index is 0.160. The van der Waals surface area contributed by atoms with E-state index in [1.54, 1.807) is 11.3 Å². The summed E-state index contributed by atoms with van der Waals surface area (Å²) in [5.41, 5.74) is 1.70. The Bertz CT molecular complexity index is 438. The second-order valence-electron chi connectivity index (χ2n) is 3.11. The quantitative estimate of drug-likeness (QED) is 0.531. The molecule has 0 radical (unpaired) electrons. The molecule has 0 spiro atoms. The number of rotatable bonds is 0. The number of nitrogens with zero attached hydrogens (tertiary/aromatic N) is 1. The first-order chi connectivity index (χ1) is 6.36. The van der Waals surface area contributed by atoms with Gasteiger partial charge in [-0.2, -0.15) is 0 Å². The second-order valence-corrected chi connectivity index (χ2v) is 4.11. The number of ketones is 1. The Labute approximate surface area is 79.4 Å². The number of fused-ring (bicyclic) bond motifs is 2. The molecule has 0 saturated heterocycles. The van der Waals surface area contributed by atoms with Crippen molar-refractivity contribution in [2.75, 3.05) is 0 Å². The Hall–Kier alpha value is -1.35. The van der Waals surface area contributed by atoms with E-state index in [1.165, 1.54) is 4.88 Å². The lowest BCUT2D eigenvalue weighted by Gasteiger charge is -2.13. The number of carbonyl (C=O) groups is 1. The molecule has 2 aromatic rings. The second kappa shape index (κ2) is 2.33. The van der Waals surface area contributed by atoms with Crippen LogP contribution in [0.25, 0.3) is 0 Å². The number of hydrogen-bond acceptors (Lipinski definition) is 2. The fourth-order valence-electron chi connectivity index (χ4n) is 1.72. The van der Waals surface area contributed by atoms with E-state index in [4.69, 9.17) is 0 Å². The van der Waals surface area contributed by atoms with Gasteiger partial charge in [0.05, 0.1) is 12.2 Å². The van der Waals surface area contributed by atoms with E-state index in [-0.39, 0.29) is 5.78 Å². The van der Waals surface area contributed by atoms with Crippen LogP contribution in [0, 0.1) is 0 Å². The summed E-state index contributed by atoms with van der Waals surface area (Å²) in [7, 11) is 0. The van der Waals surface area contributed by atoms with Crippen molar-refractivity contribution in [3.05, 3.63) is 45.9 Å². The molecule has 13 heavy (non-hydrogen) atoms. The third-order valence-electron chi connectivity index (χ3n) is 2.37. The minimum Gasteiger partial charge on any atom is -0.340 e. The van der Waals surface area contributed by atoms with E-state index in [1.807, 2.05) is 34.3 Å². The molecule has 0 aromatic carbocycles. The Balaban J connectivity index is 2.27. The summed E-state index contributed by atoms with van der Waals surface area (Å²) >= 11 is 1.65. The van der Waals surface area contributed by atoms with Crippen LogP contribution in [0.3, 0.4) is 0 Å². The summed E-state index contributed by atoms with van der Waals surface area (Å²) in [6.07, 6.45) is 1.95. The highest BCUT2D eigenvalue weighted by atomic mass is 32.1. The van der Waals surface area contributed by atoms with Gasteiger partial charge in [0.2, 0.25) is 5.78 Å². The molecule has 64 valence electrons. The van der Waals surface area contributed by atoms with E-state index in [9.17, 15) is 4.79 Å². The van der Waals surface area contributed by atoms with Crippen molar-refractivity contribution >= 4 is 17.1 Å². The van der Waals surface area contributed by atoms with Gasteiger partial charge in [-0.25, -0.2) is 0 Å². The first kappa shape index (κ1) is 7.09. The Morgan fingerprint density at radius 1 is 1.38 bits per heavy atom. The lowest BCUT2D eigenvalue weighted by atomic mass is 10.1. The smallest absolute Gasteiger partial charge is 0.210 e. The van der Waals surface area contributed by atoms with Crippen LogP contribution < -0.4 is 0 Å². The summed E-state index contributed by atoms with van der Waals surface area (Å²) in [5.74, 6) is 0.160. The third-order valence-corrected chi connectivity index (χ3v) is 3.27. The van der Waals surface area contributed by atoms with E-state index in [2.05, 4.69) is 0 Å². The average molecular weight is 189 g/mol. The minimum atomic E-state index is 0.160. The van der Waals surface area contributed by atoms with Crippen LogP contribution in [0.4, 0.5) is 0 Å². The maximum absolute atomic E-state index is 11.8. The van der Waals surface area contributed by atoms with Crippen LogP contribution in [0.1, 0.15) is 20.9 Å². The zero-order valence-corrected chi connectivity index (χ0v) is 7.67. The SMILES string of the molecule is O=C1c2ccsc2Cn2cccc21. The van der Waals surface area contributed by atoms with Crippen LogP contribution >= 0.6 is 11.3 Å². The van der Waals surface area contributed by atoms with Crippen LogP contribution in [0.15, 0.2) is 29.8 Å². The molecule has 3 heterocycles.